The number of rotatable bonds is 3. The third-order valence-corrected chi connectivity index (χ3v) is 5.33. The second-order valence-corrected chi connectivity index (χ2v) is 7.36. The van der Waals surface area contributed by atoms with Crippen molar-refractivity contribution in [2.24, 2.45) is 4.99 Å². The summed E-state index contributed by atoms with van der Waals surface area (Å²) in [4.78, 5) is 19.2. The quantitative estimate of drug-likeness (QED) is 0.524. The molecule has 6 heteroatoms. The molecule has 1 aliphatic rings. The first-order chi connectivity index (χ1) is 13.1. The van der Waals surface area contributed by atoms with E-state index in [2.05, 4.69) is 4.99 Å². The number of likely N-dealkylation sites (N-methyl/N-ethyl adjacent to an activating group) is 1. The first kappa shape index (κ1) is 17.6. The fraction of sp³-hybridized carbons (Fsp3) is 0.0476. The second-order valence-electron chi connectivity index (χ2n) is 5.91. The molecule has 0 unspecified atom stereocenters. The van der Waals surface area contributed by atoms with Crippen molar-refractivity contribution in [2.75, 3.05) is 7.05 Å². The fourth-order valence-corrected chi connectivity index (χ4v) is 3.69. The van der Waals surface area contributed by atoms with Crippen LogP contribution in [0.1, 0.15) is 5.76 Å². The maximum Gasteiger partial charge on any atom is 0.266 e. The molecule has 1 fully saturated rings. The number of thioether (sulfide) groups is 1. The summed E-state index contributed by atoms with van der Waals surface area (Å²) in [5.74, 6) is 1.24. The zero-order valence-electron chi connectivity index (χ0n) is 14.4. The number of amidine groups is 1. The summed E-state index contributed by atoms with van der Waals surface area (Å²) in [5.41, 5.74) is 1.74. The normalized spacial score (nSPS) is 17.3. The van der Waals surface area contributed by atoms with E-state index in [0.717, 1.165) is 17.0 Å². The number of furan rings is 1. The van der Waals surface area contributed by atoms with Crippen LogP contribution in [0.3, 0.4) is 0 Å². The van der Waals surface area contributed by atoms with E-state index >= 15 is 0 Å². The van der Waals surface area contributed by atoms with Crippen LogP contribution in [0.15, 0.2) is 81.0 Å². The van der Waals surface area contributed by atoms with Crippen LogP contribution in [0.25, 0.3) is 17.4 Å². The van der Waals surface area contributed by atoms with Gasteiger partial charge in [-0.1, -0.05) is 29.8 Å². The molecular formula is C21H15ClN2O2S. The number of carbonyl (C=O) groups is 1. The Hall–Kier alpha value is -2.76. The monoisotopic (exact) mass is 394 g/mol. The van der Waals surface area contributed by atoms with Crippen molar-refractivity contribution in [3.05, 3.63) is 82.4 Å². The molecule has 4 rings (SSSR count). The summed E-state index contributed by atoms with van der Waals surface area (Å²) in [6.07, 6.45) is 1.75. The standard InChI is InChI=1S/C21H15ClN2O2S/c1-24-20(25)19(27-21(24)23-16-5-3-2-4-6-16)13-17-11-12-18(26-17)14-7-9-15(22)10-8-14/h2-13H,1H3/b19-13-,23-21?. The van der Waals surface area contributed by atoms with Crippen molar-refractivity contribution in [1.82, 2.24) is 4.90 Å². The largest absolute Gasteiger partial charge is 0.457 e. The molecule has 1 aromatic heterocycles. The van der Waals surface area contributed by atoms with Crippen molar-refractivity contribution in [2.45, 2.75) is 0 Å². The molecule has 0 radical (unpaired) electrons. The molecule has 1 aliphatic heterocycles. The van der Waals surface area contributed by atoms with Crippen molar-refractivity contribution in [3.63, 3.8) is 0 Å². The van der Waals surface area contributed by atoms with E-state index in [1.807, 2.05) is 66.7 Å². The summed E-state index contributed by atoms with van der Waals surface area (Å²) in [7, 11) is 1.72. The molecule has 2 heterocycles. The van der Waals surface area contributed by atoms with E-state index in [1.165, 1.54) is 11.8 Å². The van der Waals surface area contributed by atoms with Crippen molar-refractivity contribution < 1.29 is 9.21 Å². The Kier molecular flexibility index (Phi) is 4.88. The van der Waals surface area contributed by atoms with Crippen molar-refractivity contribution in [1.29, 1.82) is 0 Å². The van der Waals surface area contributed by atoms with Crippen LogP contribution in [0.4, 0.5) is 5.69 Å². The molecule has 0 bridgehead atoms. The Labute approximate surface area is 166 Å². The number of amides is 1. The molecule has 2 aromatic carbocycles. The Morgan fingerprint density at radius 2 is 1.78 bits per heavy atom. The minimum absolute atomic E-state index is 0.0980. The molecule has 27 heavy (non-hydrogen) atoms. The highest BCUT2D eigenvalue weighted by Crippen LogP contribution is 2.34. The summed E-state index contributed by atoms with van der Waals surface area (Å²) < 4.78 is 5.87. The Balaban J connectivity index is 1.58. The topological polar surface area (TPSA) is 45.8 Å². The molecule has 3 aromatic rings. The van der Waals surface area contributed by atoms with Gasteiger partial charge in [-0.15, -0.1) is 0 Å². The SMILES string of the molecule is CN1C(=O)/C(=C/c2ccc(-c3ccc(Cl)cc3)o2)SC1=Nc1ccccc1. The molecule has 0 aliphatic carbocycles. The van der Waals surface area contributed by atoms with Gasteiger partial charge in [-0.25, -0.2) is 4.99 Å². The molecular weight excluding hydrogens is 380 g/mol. The zero-order valence-corrected chi connectivity index (χ0v) is 16.0. The fourth-order valence-electron chi connectivity index (χ4n) is 2.59. The van der Waals surface area contributed by atoms with Crippen LogP contribution in [0.2, 0.25) is 5.02 Å². The van der Waals surface area contributed by atoms with Crippen LogP contribution >= 0.6 is 23.4 Å². The van der Waals surface area contributed by atoms with E-state index < -0.39 is 0 Å². The number of nitrogens with zero attached hydrogens (tertiary/aromatic N) is 2. The van der Waals surface area contributed by atoms with Crippen LogP contribution in [-0.2, 0) is 4.79 Å². The molecule has 1 amide bonds. The number of hydrogen-bond acceptors (Lipinski definition) is 4. The third kappa shape index (κ3) is 3.84. The first-order valence-electron chi connectivity index (χ1n) is 8.27. The average molecular weight is 395 g/mol. The highest BCUT2D eigenvalue weighted by molar-refractivity contribution is 8.18. The van der Waals surface area contributed by atoms with E-state index in [-0.39, 0.29) is 5.91 Å². The number of aliphatic imine (C=N–C) groups is 1. The smallest absolute Gasteiger partial charge is 0.266 e. The minimum atomic E-state index is -0.0980. The first-order valence-corrected chi connectivity index (χ1v) is 9.47. The van der Waals surface area contributed by atoms with Gasteiger partial charge in [0.25, 0.3) is 5.91 Å². The van der Waals surface area contributed by atoms with Crippen molar-refractivity contribution in [3.8, 4) is 11.3 Å². The van der Waals surface area contributed by atoms with E-state index in [0.29, 0.717) is 20.9 Å². The van der Waals surface area contributed by atoms with Gasteiger partial charge in [0.15, 0.2) is 5.17 Å². The Bertz CT molecular complexity index is 1040. The molecule has 0 atom stereocenters. The number of para-hydroxylation sites is 1. The number of halogens is 1. The van der Waals surface area contributed by atoms with Gasteiger partial charge in [0.2, 0.25) is 0 Å². The maximum absolute atomic E-state index is 12.5. The molecule has 4 nitrogen and oxygen atoms in total. The lowest BCUT2D eigenvalue weighted by Crippen LogP contribution is -2.23. The second kappa shape index (κ2) is 7.47. The van der Waals surface area contributed by atoms with Gasteiger partial charge in [0.05, 0.1) is 10.6 Å². The van der Waals surface area contributed by atoms with Crippen LogP contribution in [0.5, 0.6) is 0 Å². The highest BCUT2D eigenvalue weighted by atomic mass is 35.5. The highest BCUT2D eigenvalue weighted by Gasteiger charge is 2.30. The molecule has 134 valence electrons. The lowest BCUT2D eigenvalue weighted by atomic mass is 10.2. The predicted molar refractivity (Wildman–Crippen MR) is 111 cm³/mol. The molecule has 0 saturated carbocycles. The maximum atomic E-state index is 12.5. The van der Waals surface area contributed by atoms with Gasteiger partial charge < -0.3 is 4.42 Å². The van der Waals surface area contributed by atoms with Gasteiger partial charge in [-0.3, -0.25) is 9.69 Å². The molecule has 0 N–H and O–H groups in total. The number of hydrogen-bond donors (Lipinski definition) is 0. The zero-order chi connectivity index (χ0) is 18.8. The summed E-state index contributed by atoms with van der Waals surface area (Å²) in [6, 6.07) is 20.7. The molecule has 1 saturated heterocycles. The number of benzene rings is 2. The molecule has 0 spiro atoms. The average Bonchev–Trinajstić information content (AvgIpc) is 3.24. The summed E-state index contributed by atoms with van der Waals surface area (Å²) in [5, 5.41) is 1.32. The minimum Gasteiger partial charge on any atom is -0.457 e. The Morgan fingerprint density at radius 3 is 2.52 bits per heavy atom. The van der Waals surface area contributed by atoms with Crippen LogP contribution in [0, 0.1) is 0 Å². The third-order valence-electron chi connectivity index (χ3n) is 4.01. The van der Waals surface area contributed by atoms with E-state index in [9.17, 15) is 4.79 Å². The lowest BCUT2D eigenvalue weighted by molar-refractivity contribution is -0.121. The van der Waals surface area contributed by atoms with Gasteiger partial charge in [-0.05, 0) is 60.3 Å². The van der Waals surface area contributed by atoms with Gasteiger partial charge >= 0.3 is 0 Å². The number of carbonyl (C=O) groups excluding carboxylic acids is 1. The lowest BCUT2D eigenvalue weighted by Gasteiger charge is -2.06. The van der Waals surface area contributed by atoms with Crippen molar-refractivity contribution >= 4 is 46.2 Å². The van der Waals surface area contributed by atoms with E-state index in [1.54, 1.807) is 18.0 Å². The van der Waals surface area contributed by atoms with Gasteiger partial charge in [0, 0.05) is 23.7 Å². The van der Waals surface area contributed by atoms with Crippen LogP contribution in [-0.4, -0.2) is 23.0 Å². The Morgan fingerprint density at radius 1 is 1.04 bits per heavy atom. The summed E-state index contributed by atoms with van der Waals surface area (Å²) in [6.45, 7) is 0. The predicted octanol–water partition coefficient (Wildman–Crippen LogP) is 5.83. The van der Waals surface area contributed by atoms with Crippen LogP contribution < -0.4 is 0 Å². The summed E-state index contributed by atoms with van der Waals surface area (Å²) >= 11 is 7.26. The van der Waals surface area contributed by atoms with E-state index in [4.69, 9.17) is 16.0 Å². The van der Waals surface area contributed by atoms with Gasteiger partial charge in [0.1, 0.15) is 11.5 Å². The van der Waals surface area contributed by atoms with Gasteiger partial charge in [-0.2, -0.15) is 0 Å².